The van der Waals surface area contributed by atoms with Gasteiger partial charge < -0.3 is 14.6 Å². The van der Waals surface area contributed by atoms with Gasteiger partial charge in [-0.05, 0) is 12.1 Å². The van der Waals surface area contributed by atoms with E-state index in [1.54, 1.807) is 11.0 Å². The lowest BCUT2D eigenvalue weighted by molar-refractivity contribution is -0.883. The molecule has 5 nitrogen and oxygen atoms in total. The summed E-state index contributed by atoms with van der Waals surface area (Å²) in [7, 11) is 2.11. The predicted octanol–water partition coefficient (Wildman–Crippen LogP) is 0.329. The minimum Gasteiger partial charge on any atom is -0.382 e. The van der Waals surface area contributed by atoms with E-state index in [1.807, 2.05) is 0 Å². The normalized spacial score (nSPS) is 22.4. The molecule has 1 fully saturated rings. The highest BCUT2D eigenvalue weighted by Crippen LogP contribution is 2.26. The number of hydrogen-bond donors (Lipinski definition) is 1. The number of carbonyl (C=O) groups is 1. The number of nitrogens with one attached hydrogen (secondary N) is 1. The molecule has 0 bridgehead atoms. The maximum Gasteiger partial charge on any atom is 0.267 e. The van der Waals surface area contributed by atoms with Crippen molar-refractivity contribution in [3.63, 3.8) is 0 Å². The fourth-order valence-corrected chi connectivity index (χ4v) is 3.02. The second-order valence-corrected chi connectivity index (χ2v) is 6.12. The number of rotatable bonds is 2. The van der Waals surface area contributed by atoms with Crippen LogP contribution in [0.4, 0.5) is 4.39 Å². The van der Waals surface area contributed by atoms with E-state index in [0.717, 1.165) is 13.1 Å². The topological polar surface area (TPSA) is 46.3 Å². The molecule has 7 heteroatoms. The first-order valence-electron chi connectivity index (χ1n) is 7.33. The van der Waals surface area contributed by atoms with E-state index >= 15 is 0 Å². The number of piperazine rings is 1. The second-order valence-electron chi connectivity index (χ2n) is 5.72. The van der Waals surface area contributed by atoms with Gasteiger partial charge in [0.25, 0.3) is 5.91 Å². The molecule has 0 spiro atoms. The lowest BCUT2D eigenvalue weighted by Crippen LogP contribution is -3.12. The highest BCUT2D eigenvalue weighted by atomic mass is 35.5. The summed E-state index contributed by atoms with van der Waals surface area (Å²) in [5.74, 6) is -0.537. The Morgan fingerprint density at radius 1 is 1.45 bits per heavy atom. The summed E-state index contributed by atoms with van der Waals surface area (Å²) in [5, 5.41) is 4.16. The van der Waals surface area contributed by atoms with E-state index in [9.17, 15) is 9.18 Å². The third kappa shape index (κ3) is 2.94. The molecule has 1 saturated heterocycles. The molecule has 0 aromatic heterocycles. The van der Waals surface area contributed by atoms with Crippen LogP contribution in [0.3, 0.4) is 0 Å². The Kier molecular flexibility index (Phi) is 4.31. The number of likely N-dealkylation sites (N-methyl/N-ethyl adjacent to an activating group) is 1. The van der Waals surface area contributed by atoms with Gasteiger partial charge in [0.15, 0.2) is 0 Å². The Morgan fingerprint density at radius 2 is 2.18 bits per heavy atom. The van der Waals surface area contributed by atoms with Crippen LogP contribution in [0.25, 0.3) is 0 Å². The summed E-state index contributed by atoms with van der Waals surface area (Å²) in [5.41, 5.74) is 0.614. The SMILES string of the molecule is C[NH+]1CCN(C(=O)[C@@H]2CC(c3c(F)cccc3Cl)=NO2)CC1. The molecule has 1 atom stereocenters. The first kappa shape index (κ1) is 15.2. The Labute approximate surface area is 133 Å². The van der Waals surface area contributed by atoms with Crippen molar-refractivity contribution in [3.8, 4) is 0 Å². The third-order valence-electron chi connectivity index (χ3n) is 4.12. The van der Waals surface area contributed by atoms with E-state index in [-0.39, 0.29) is 22.9 Å². The molecule has 1 N–H and O–H groups in total. The standard InChI is InChI=1S/C15H17ClFN3O2/c1-19-5-7-20(8-6-19)15(21)13-9-12(18-22-13)14-10(16)3-2-4-11(14)17/h2-4,13H,5-9H2,1H3/p+1/t13-/m0/s1. The van der Waals surface area contributed by atoms with E-state index < -0.39 is 11.9 Å². The Balaban J connectivity index is 1.68. The quantitative estimate of drug-likeness (QED) is 0.851. The number of quaternary nitrogens is 1. The molecule has 0 saturated carbocycles. The third-order valence-corrected chi connectivity index (χ3v) is 4.44. The fourth-order valence-electron chi connectivity index (χ4n) is 2.74. The number of hydrogen-bond acceptors (Lipinski definition) is 3. The fraction of sp³-hybridized carbons (Fsp3) is 0.467. The Bertz CT molecular complexity index is 595. The largest absolute Gasteiger partial charge is 0.382 e. The average molecular weight is 327 g/mol. The van der Waals surface area contributed by atoms with Gasteiger partial charge >= 0.3 is 0 Å². The van der Waals surface area contributed by atoms with E-state index in [1.165, 1.54) is 17.0 Å². The summed E-state index contributed by atoms with van der Waals surface area (Å²) in [6, 6.07) is 4.45. The zero-order chi connectivity index (χ0) is 15.7. The van der Waals surface area contributed by atoms with Crippen LogP contribution >= 0.6 is 11.6 Å². The molecule has 2 heterocycles. The minimum atomic E-state index is -0.677. The zero-order valence-electron chi connectivity index (χ0n) is 12.3. The van der Waals surface area contributed by atoms with E-state index in [0.29, 0.717) is 18.8 Å². The van der Waals surface area contributed by atoms with Crippen molar-refractivity contribution in [1.82, 2.24) is 4.90 Å². The predicted molar refractivity (Wildman–Crippen MR) is 80.6 cm³/mol. The van der Waals surface area contributed by atoms with Crippen LogP contribution in [0, 0.1) is 5.82 Å². The van der Waals surface area contributed by atoms with Crippen molar-refractivity contribution >= 4 is 23.2 Å². The molecule has 2 aliphatic heterocycles. The van der Waals surface area contributed by atoms with Crippen LogP contribution in [0.2, 0.25) is 5.02 Å². The first-order valence-corrected chi connectivity index (χ1v) is 7.71. The molecular weight excluding hydrogens is 309 g/mol. The van der Waals surface area contributed by atoms with Crippen LogP contribution in [0.5, 0.6) is 0 Å². The van der Waals surface area contributed by atoms with Crippen molar-refractivity contribution in [3.05, 3.63) is 34.6 Å². The van der Waals surface area contributed by atoms with Crippen molar-refractivity contribution in [1.29, 1.82) is 0 Å². The number of amides is 1. The summed E-state index contributed by atoms with van der Waals surface area (Å²) in [6.45, 7) is 3.26. The van der Waals surface area contributed by atoms with Crippen molar-refractivity contribution in [2.45, 2.75) is 12.5 Å². The molecule has 3 rings (SSSR count). The molecule has 0 radical (unpaired) electrons. The van der Waals surface area contributed by atoms with Crippen LogP contribution in [0.15, 0.2) is 23.4 Å². The van der Waals surface area contributed by atoms with Crippen molar-refractivity contribution < 1.29 is 18.9 Å². The highest BCUT2D eigenvalue weighted by Gasteiger charge is 2.35. The molecule has 1 aromatic carbocycles. The number of halogens is 2. The lowest BCUT2D eigenvalue weighted by atomic mass is 10.0. The Hall–Kier alpha value is -1.66. The summed E-state index contributed by atoms with van der Waals surface area (Å²) >= 11 is 6.03. The van der Waals surface area contributed by atoms with E-state index in [4.69, 9.17) is 16.4 Å². The second kappa shape index (κ2) is 6.22. The van der Waals surface area contributed by atoms with Gasteiger partial charge in [0, 0.05) is 6.42 Å². The Morgan fingerprint density at radius 3 is 2.86 bits per heavy atom. The minimum absolute atomic E-state index is 0.0845. The van der Waals surface area contributed by atoms with Crippen LogP contribution in [-0.4, -0.2) is 55.8 Å². The van der Waals surface area contributed by atoms with E-state index in [2.05, 4.69) is 12.2 Å². The average Bonchev–Trinajstić information content (AvgIpc) is 2.97. The monoisotopic (exact) mass is 326 g/mol. The van der Waals surface area contributed by atoms with Crippen LogP contribution in [-0.2, 0) is 9.63 Å². The van der Waals surface area contributed by atoms with Gasteiger partial charge in [-0.2, -0.15) is 0 Å². The van der Waals surface area contributed by atoms with Gasteiger partial charge in [0.05, 0.1) is 49.5 Å². The molecule has 118 valence electrons. The summed E-state index contributed by atoms with van der Waals surface area (Å²) in [4.78, 5) is 20.9. The van der Waals surface area contributed by atoms with Crippen LogP contribution < -0.4 is 4.90 Å². The van der Waals surface area contributed by atoms with Gasteiger partial charge in [0.2, 0.25) is 6.10 Å². The maximum absolute atomic E-state index is 13.9. The smallest absolute Gasteiger partial charge is 0.267 e. The highest BCUT2D eigenvalue weighted by molar-refractivity contribution is 6.34. The van der Waals surface area contributed by atoms with Gasteiger partial charge in [-0.15, -0.1) is 0 Å². The molecule has 0 aliphatic carbocycles. The lowest BCUT2D eigenvalue weighted by Gasteiger charge is -2.31. The number of nitrogens with zero attached hydrogens (tertiary/aromatic N) is 2. The van der Waals surface area contributed by atoms with Gasteiger partial charge in [-0.25, -0.2) is 4.39 Å². The van der Waals surface area contributed by atoms with Gasteiger partial charge in [-0.1, -0.05) is 22.8 Å². The number of oxime groups is 1. The first-order chi connectivity index (χ1) is 10.6. The molecule has 2 aliphatic rings. The summed E-state index contributed by atoms with van der Waals surface area (Å²) < 4.78 is 13.9. The molecule has 1 amide bonds. The molecule has 22 heavy (non-hydrogen) atoms. The molecule has 1 aromatic rings. The molecular formula is C15H18ClFN3O2+. The van der Waals surface area contributed by atoms with Crippen molar-refractivity contribution in [2.75, 3.05) is 33.2 Å². The summed E-state index contributed by atoms with van der Waals surface area (Å²) in [6.07, 6.45) is -0.428. The van der Waals surface area contributed by atoms with Crippen molar-refractivity contribution in [2.24, 2.45) is 5.16 Å². The number of benzene rings is 1. The van der Waals surface area contributed by atoms with Gasteiger partial charge in [0.1, 0.15) is 5.82 Å². The maximum atomic E-state index is 13.9. The van der Waals surface area contributed by atoms with Gasteiger partial charge in [-0.3, -0.25) is 4.79 Å². The molecule has 0 unspecified atom stereocenters. The zero-order valence-corrected chi connectivity index (χ0v) is 13.1. The number of carbonyl (C=O) groups excluding carboxylic acids is 1. The van der Waals surface area contributed by atoms with Crippen LogP contribution in [0.1, 0.15) is 12.0 Å².